The molecule has 129 heavy (non-hydrogen) atoms. The molecule has 650 valence electrons. The van der Waals surface area contributed by atoms with Crippen molar-refractivity contribution in [1.29, 1.82) is 0 Å². The minimum absolute atomic E-state index is 0.0586. The lowest BCUT2D eigenvalue weighted by Gasteiger charge is -2.32. The van der Waals surface area contributed by atoms with Crippen molar-refractivity contribution in [2.24, 2.45) is 30.6 Å². The van der Waals surface area contributed by atoms with E-state index in [1.165, 1.54) is 6.20 Å². The van der Waals surface area contributed by atoms with Gasteiger partial charge in [0.25, 0.3) is 40.3 Å². The van der Waals surface area contributed by atoms with Crippen LogP contribution < -0.4 is 47.8 Å². The lowest BCUT2D eigenvalue weighted by Crippen LogP contribution is -2.41. The van der Waals surface area contributed by atoms with Gasteiger partial charge in [-0.2, -0.15) is 25.5 Å². The van der Waals surface area contributed by atoms with E-state index in [1.807, 2.05) is 33.8 Å². The summed E-state index contributed by atoms with van der Waals surface area (Å²) in [6.07, 6.45) is 11.0. The van der Waals surface area contributed by atoms with E-state index in [9.17, 15) is 33.6 Å². The van der Waals surface area contributed by atoms with Crippen LogP contribution in [0, 0.1) is 19.7 Å². The number of hydrogen-bond acceptors (Lipinski definition) is 20. The maximum Gasteiger partial charge on any atom is 0.494 e. The van der Waals surface area contributed by atoms with Gasteiger partial charge >= 0.3 is 7.12 Å². The number of fused-ring (bicyclic) bond motifs is 5. The predicted molar refractivity (Wildman–Crippen MR) is 502 cm³/mol. The molecule has 0 radical (unpaired) electrons. The SMILES string of the molecule is CC1(C)OB(c2cc(Cl)c3c(=O)[nH]nc(CN4C(=O)c5ccccc5C4=O)c3c2)OC1(C)C.[C-]#[N+]c1c(OC2CC2)cc(Cl)cc1-c1c(-c2cc(Cl)c3c(=O)[nH]nc(CN)c3c2)cnn1C.[C-]#[N+]c1c(OC2CC2)cc(Cl)cc1-c1c(-c2cc(Cl)c3c(=O)[nH]nc(CN4C(=O)c5ccccc5C4=O)c3c2)cnn1C.[C-]#[N+]c1c(OC2CC2)cc(Cl)cc1C(=NC)C(I)=CN. The Balaban J connectivity index is 0.000000130. The van der Waals surface area contributed by atoms with Gasteiger partial charge in [-0.1, -0.05) is 99.9 Å². The third-order valence-electron chi connectivity index (χ3n) is 22.6. The second kappa shape index (κ2) is 36.1. The molecule has 19 rings (SSSR count). The van der Waals surface area contributed by atoms with Crippen molar-refractivity contribution < 1.29 is 42.7 Å². The first-order valence-electron chi connectivity index (χ1n) is 40.1. The first kappa shape index (κ1) is 89.8. The van der Waals surface area contributed by atoms with E-state index in [2.05, 4.69) is 82.9 Å². The molecule has 3 saturated carbocycles. The molecule has 0 spiro atoms. The highest BCUT2D eigenvalue weighted by Crippen LogP contribution is 2.50. The summed E-state index contributed by atoms with van der Waals surface area (Å²) in [6, 6.07) is 33.6. The molecule has 8 heterocycles. The van der Waals surface area contributed by atoms with Gasteiger partial charge in [0.15, 0.2) is 0 Å². The van der Waals surface area contributed by atoms with Crippen molar-refractivity contribution in [3.05, 3.63) is 284 Å². The number of benzene rings is 8. The molecule has 30 nitrogen and oxygen atoms in total. The highest BCUT2D eigenvalue weighted by molar-refractivity contribution is 14.1. The number of aliphatic imine (C=N–C) groups is 1. The lowest BCUT2D eigenvalue weighted by atomic mass is 9.78. The number of rotatable bonds is 18. The van der Waals surface area contributed by atoms with Crippen LogP contribution in [0.2, 0.25) is 30.1 Å². The predicted octanol–water partition coefficient (Wildman–Crippen LogP) is 17.8. The number of aromatic amines is 3. The summed E-state index contributed by atoms with van der Waals surface area (Å²) in [5.41, 5.74) is 19.3. The fraction of sp³-hybridized carbons (Fsp3) is 0.231. The number of H-pyrrole nitrogens is 3. The summed E-state index contributed by atoms with van der Waals surface area (Å²) in [6.45, 7) is 30.8. The lowest BCUT2D eigenvalue weighted by molar-refractivity contribution is 0.00578. The molecule has 5 aromatic heterocycles. The smallest absolute Gasteiger partial charge is 0.494 e. The Kier molecular flexibility index (Phi) is 25.1. The largest absolute Gasteiger partial charge is 0.501 e. The summed E-state index contributed by atoms with van der Waals surface area (Å²) in [4.78, 5) is 107. The number of nitrogens with two attached hydrogens (primary N) is 2. The Bertz CT molecular complexity index is 7240. The average molecular weight is 1960 g/mol. The van der Waals surface area contributed by atoms with Crippen LogP contribution in [0.15, 0.2) is 163 Å². The maximum atomic E-state index is 13.1. The zero-order valence-corrected chi connectivity index (χ0v) is 76.2. The molecule has 3 aliphatic carbocycles. The number of nitrogens with one attached hydrogen (secondary N) is 3. The molecular weight excluding hydrogens is 1890 g/mol. The average Bonchev–Trinajstić information content (AvgIpc) is 1.71. The Labute approximate surface area is 779 Å². The second-order valence-electron chi connectivity index (χ2n) is 31.8. The van der Waals surface area contributed by atoms with Crippen molar-refractivity contribution in [2.75, 3.05) is 7.05 Å². The summed E-state index contributed by atoms with van der Waals surface area (Å²) in [5, 5.41) is 32.6. The van der Waals surface area contributed by atoms with E-state index < -0.39 is 58.6 Å². The quantitative estimate of drug-likeness (QED) is 0.0175. The number of ether oxygens (including phenoxy) is 3. The van der Waals surface area contributed by atoms with Crippen LogP contribution in [0.5, 0.6) is 17.2 Å². The van der Waals surface area contributed by atoms with Crippen LogP contribution in [0.4, 0.5) is 17.1 Å². The number of carbonyl (C=O) groups excluding carboxylic acids is 4. The van der Waals surface area contributed by atoms with Gasteiger partial charge in [-0.25, -0.2) is 29.8 Å². The minimum atomic E-state index is -0.705. The van der Waals surface area contributed by atoms with Crippen LogP contribution >= 0.6 is 92.2 Å². The van der Waals surface area contributed by atoms with Crippen molar-refractivity contribution in [3.63, 3.8) is 0 Å². The second-order valence-corrected chi connectivity index (χ2v) is 35.5. The zero-order chi connectivity index (χ0) is 91.7. The Morgan fingerprint density at radius 2 is 0.876 bits per heavy atom. The Morgan fingerprint density at radius 3 is 1.24 bits per heavy atom. The normalized spacial score (nSPS) is 15.5. The highest BCUT2D eigenvalue weighted by atomic mass is 127. The summed E-state index contributed by atoms with van der Waals surface area (Å²) in [5.74, 6) is -0.337. The fourth-order valence-electron chi connectivity index (χ4n) is 15.2. The maximum absolute atomic E-state index is 13.1. The number of allylic oxidation sites excluding steroid dienone is 1. The molecule has 4 fully saturated rings. The number of imide groups is 2. The van der Waals surface area contributed by atoms with Crippen LogP contribution in [-0.4, -0.2) is 133 Å². The fourth-order valence-corrected chi connectivity index (χ4v) is 17.2. The van der Waals surface area contributed by atoms with E-state index in [0.717, 1.165) is 51.9 Å². The van der Waals surface area contributed by atoms with Gasteiger partial charge < -0.3 is 35.0 Å². The molecule has 6 aliphatic rings. The van der Waals surface area contributed by atoms with Crippen LogP contribution in [0.1, 0.15) is 130 Å². The standard InChI is InChI=1S/C31H20Cl2N6O4.C23H21BClN3O5.C23H18Cl2N6O2.C14H13ClIN3O/c1-34-27-21(11-16(32)12-25(27)43-17-7-8-17)28-22(13-35-38(28)2)15-9-20-24(36-37-29(40)26(20)23(33)10-15)14-39-30(41)18-5-3-4-6-19(18)31(39)42;1-22(2)23(3,4)33-24(32-22)12-9-15-17(26-27-19(29)18(15)16(25)10-12)11-28-20(30)13-7-5-6-8-14(13)21(28)31;1-27-21-15(7-12(24)8-19(21)33-13-3-4-13)22-16(10-28-31(22)2)11-5-14-18(9-26)29-30-23(32)20(14)17(25)6-11;1-18-13(11(16)7-17)10-5-8(15)6-12(14(10)19-2)20-9-3-4-9/h3-6,9-13,17H,7-8,14H2,2H3,(H,37,40);5-10H,11H2,1-4H3,(H,27,29);5-8,10,13H,3-4,9,26H2,2H3,(H,30,32);5-7,9H,3-4,17H2,1H3. The molecule has 0 unspecified atom stereocenters. The van der Waals surface area contributed by atoms with Crippen molar-refractivity contribution in [1.82, 2.24) is 60.0 Å². The first-order valence-corrected chi connectivity index (χ1v) is 43.4. The van der Waals surface area contributed by atoms with E-state index >= 15 is 0 Å². The molecule has 1 saturated heterocycles. The molecule has 0 bridgehead atoms. The first-order chi connectivity index (χ1) is 61.7. The molecule has 8 aromatic carbocycles. The van der Waals surface area contributed by atoms with Gasteiger partial charge in [0.05, 0.1) is 166 Å². The van der Waals surface area contributed by atoms with E-state index in [-0.39, 0.29) is 69.5 Å². The van der Waals surface area contributed by atoms with Crippen molar-refractivity contribution >= 4 is 183 Å². The van der Waals surface area contributed by atoms with Gasteiger partial charge in [-0.15, -0.1) is 0 Å². The van der Waals surface area contributed by atoms with Gasteiger partial charge in [-0.3, -0.25) is 57.7 Å². The van der Waals surface area contributed by atoms with E-state index in [1.54, 1.807) is 158 Å². The number of aromatic nitrogens is 10. The van der Waals surface area contributed by atoms with Crippen molar-refractivity contribution in [2.45, 2.75) is 115 Å². The molecular formula is C91H72BCl6IN18O12. The summed E-state index contributed by atoms with van der Waals surface area (Å²) < 4.78 is 34.1. The zero-order valence-electron chi connectivity index (χ0n) is 69.5. The Morgan fingerprint density at radius 1 is 0.519 bits per heavy atom. The van der Waals surface area contributed by atoms with Gasteiger partial charge in [0.1, 0.15) is 17.2 Å². The summed E-state index contributed by atoms with van der Waals surface area (Å²) in [7, 11) is 4.49. The molecule has 38 heteroatoms. The van der Waals surface area contributed by atoms with Gasteiger partial charge in [-0.05, 0) is 196 Å². The number of nitrogens with zero attached hydrogens (tertiary/aromatic N) is 13. The highest BCUT2D eigenvalue weighted by Gasteiger charge is 2.52. The third-order valence-corrected chi connectivity index (χ3v) is 25.1. The molecule has 4 amide bonds. The van der Waals surface area contributed by atoms with E-state index in [0.29, 0.717) is 166 Å². The number of halogens is 7. The number of aryl methyl sites for hydroxylation is 2. The van der Waals surface area contributed by atoms with E-state index in [4.69, 9.17) is 124 Å². The number of carbonyl (C=O) groups is 4. The monoisotopic (exact) mass is 1960 g/mol. The Hall–Kier alpha value is -12.6. The molecule has 13 aromatic rings. The topological polar surface area (TPSA) is 371 Å². The van der Waals surface area contributed by atoms with Crippen LogP contribution in [0.3, 0.4) is 0 Å². The molecule has 3 aliphatic heterocycles. The molecule has 0 atom stereocenters. The van der Waals surface area contributed by atoms with Crippen LogP contribution in [0.25, 0.3) is 91.6 Å². The third kappa shape index (κ3) is 17.6. The number of amides is 4. The molecule has 7 N–H and O–H groups in total. The van der Waals surface area contributed by atoms with Crippen molar-refractivity contribution in [3.8, 4) is 62.0 Å². The number of hydrogen-bond donors (Lipinski definition) is 5. The van der Waals surface area contributed by atoms with Crippen LogP contribution in [-0.2, 0) is 43.0 Å². The van der Waals surface area contributed by atoms with Gasteiger partial charge in [0, 0.05) is 92.9 Å². The summed E-state index contributed by atoms with van der Waals surface area (Å²) >= 11 is 40.9. The van der Waals surface area contributed by atoms with Gasteiger partial charge in [0.2, 0.25) is 17.1 Å². The minimum Gasteiger partial charge on any atom is -0.501 e.